The van der Waals surface area contributed by atoms with Gasteiger partial charge in [0.15, 0.2) is 11.6 Å². The van der Waals surface area contributed by atoms with Gasteiger partial charge >= 0.3 is 5.92 Å². The van der Waals surface area contributed by atoms with E-state index in [0.717, 1.165) is 29.8 Å². The van der Waals surface area contributed by atoms with Crippen molar-refractivity contribution in [2.24, 2.45) is 5.73 Å². The molecule has 6 nitrogen and oxygen atoms in total. The van der Waals surface area contributed by atoms with Crippen LogP contribution in [-0.2, 0) is 17.3 Å². The summed E-state index contributed by atoms with van der Waals surface area (Å²) in [6, 6.07) is 16.6. The summed E-state index contributed by atoms with van der Waals surface area (Å²) >= 11 is 0. The lowest BCUT2D eigenvalue weighted by Crippen LogP contribution is -2.22. The molecule has 39 heavy (non-hydrogen) atoms. The molecule has 0 aliphatic carbocycles. The zero-order chi connectivity index (χ0) is 27.9. The number of nitrogens with two attached hydrogens (primary N) is 1. The molecule has 0 saturated carbocycles. The molecule has 0 aliphatic heterocycles. The lowest BCUT2D eigenvalue weighted by atomic mass is 9.97. The Bertz CT molecular complexity index is 1740. The second-order valence-electron chi connectivity index (χ2n) is 9.26. The van der Waals surface area contributed by atoms with E-state index in [1.807, 2.05) is 30.3 Å². The molecule has 198 valence electrons. The van der Waals surface area contributed by atoms with Crippen molar-refractivity contribution >= 4 is 33.3 Å². The normalized spacial score (nSPS) is 12.6. The van der Waals surface area contributed by atoms with Crippen molar-refractivity contribution in [1.29, 1.82) is 0 Å². The van der Waals surface area contributed by atoms with Crippen molar-refractivity contribution in [2.45, 2.75) is 26.3 Å². The largest absolute Gasteiger partial charge is 0.496 e. The van der Waals surface area contributed by atoms with Crippen LogP contribution in [0.4, 0.5) is 13.2 Å². The van der Waals surface area contributed by atoms with E-state index in [0.29, 0.717) is 33.4 Å². The van der Waals surface area contributed by atoms with Gasteiger partial charge in [0.2, 0.25) is 0 Å². The molecule has 9 heteroatoms. The number of imidazole rings is 1. The number of benzene rings is 3. The highest BCUT2D eigenvalue weighted by Gasteiger charge is 2.40. The van der Waals surface area contributed by atoms with Crippen LogP contribution in [0.2, 0.25) is 0 Å². The van der Waals surface area contributed by atoms with Gasteiger partial charge in [-0.1, -0.05) is 30.3 Å². The van der Waals surface area contributed by atoms with Crippen molar-refractivity contribution in [3.63, 3.8) is 0 Å². The number of methoxy groups -OCH3 is 1. The minimum Gasteiger partial charge on any atom is -0.496 e. The Kier molecular flexibility index (Phi) is 6.59. The highest BCUT2D eigenvalue weighted by Crippen LogP contribution is 2.40. The number of carbonyl (C=O) groups excluding carboxylic acids is 1. The van der Waals surface area contributed by atoms with E-state index in [2.05, 4.69) is 9.97 Å². The van der Waals surface area contributed by atoms with Crippen molar-refractivity contribution in [2.75, 3.05) is 7.11 Å². The van der Waals surface area contributed by atoms with Gasteiger partial charge in [-0.25, -0.2) is 9.37 Å². The highest BCUT2D eigenvalue weighted by atomic mass is 19.3. The SMILES string of the molecule is COc1cc2c(cc1C(C(C)=O)=C(C)N)ncc1nc(C(F)(F)c3ccc(F)cc3)n(Cc3ccccc3)c12. The maximum atomic E-state index is 16.0. The Labute approximate surface area is 222 Å². The fourth-order valence-electron chi connectivity index (χ4n) is 4.83. The molecule has 3 aromatic carbocycles. The number of fused-ring (bicyclic) bond motifs is 3. The summed E-state index contributed by atoms with van der Waals surface area (Å²) in [5, 5.41) is 0.510. The Morgan fingerprint density at radius 3 is 2.33 bits per heavy atom. The summed E-state index contributed by atoms with van der Waals surface area (Å²) in [5.41, 5.74) is 8.59. The number of alkyl halides is 2. The van der Waals surface area contributed by atoms with Crippen LogP contribution in [0, 0.1) is 5.82 Å². The summed E-state index contributed by atoms with van der Waals surface area (Å²) in [7, 11) is 1.46. The molecule has 2 N–H and O–H groups in total. The van der Waals surface area contributed by atoms with Crippen molar-refractivity contribution in [1.82, 2.24) is 14.5 Å². The van der Waals surface area contributed by atoms with Gasteiger partial charge in [-0.05, 0) is 55.8 Å². The van der Waals surface area contributed by atoms with E-state index in [-0.39, 0.29) is 29.0 Å². The molecule has 0 atom stereocenters. The molecule has 0 radical (unpaired) electrons. The lowest BCUT2D eigenvalue weighted by Gasteiger charge is -2.19. The summed E-state index contributed by atoms with van der Waals surface area (Å²) < 4.78 is 52.6. The van der Waals surface area contributed by atoms with E-state index in [9.17, 15) is 9.18 Å². The van der Waals surface area contributed by atoms with Gasteiger partial charge in [0.1, 0.15) is 17.1 Å². The predicted octanol–water partition coefficient (Wildman–Crippen LogP) is 6.20. The van der Waals surface area contributed by atoms with Crippen LogP contribution in [0.1, 0.15) is 36.4 Å². The quantitative estimate of drug-likeness (QED) is 0.254. The summed E-state index contributed by atoms with van der Waals surface area (Å²) in [6.07, 6.45) is 1.42. The first-order valence-corrected chi connectivity index (χ1v) is 12.1. The first-order valence-electron chi connectivity index (χ1n) is 12.1. The van der Waals surface area contributed by atoms with Crippen LogP contribution in [0.3, 0.4) is 0 Å². The number of ether oxygens (including phenoxy) is 1. The number of Topliss-reactive ketones (excluding diaryl/α,β-unsaturated/α-hetero) is 1. The second kappa shape index (κ2) is 9.90. The minimum atomic E-state index is -3.54. The number of rotatable bonds is 7. The summed E-state index contributed by atoms with van der Waals surface area (Å²) in [5.74, 6) is -4.57. The van der Waals surface area contributed by atoms with Crippen molar-refractivity contribution in [3.05, 3.63) is 107 Å². The molecule has 0 fully saturated rings. The van der Waals surface area contributed by atoms with E-state index in [1.54, 1.807) is 19.1 Å². The number of halogens is 3. The summed E-state index contributed by atoms with van der Waals surface area (Å²) in [6.45, 7) is 3.12. The molecule has 5 rings (SSSR count). The number of hydrogen-bond acceptors (Lipinski definition) is 5. The van der Waals surface area contributed by atoms with Crippen molar-refractivity contribution in [3.8, 4) is 5.75 Å². The van der Waals surface area contributed by atoms with E-state index in [4.69, 9.17) is 10.5 Å². The molecule has 0 bridgehead atoms. The molecular weight excluding hydrogens is 505 g/mol. The molecule has 2 aromatic heterocycles. The van der Waals surface area contributed by atoms with Crippen LogP contribution in [0.15, 0.2) is 78.6 Å². The monoisotopic (exact) mass is 530 g/mol. The van der Waals surface area contributed by atoms with Crippen LogP contribution >= 0.6 is 0 Å². The number of allylic oxidation sites excluding steroid dienone is 2. The third-order valence-electron chi connectivity index (χ3n) is 6.58. The third-order valence-corrected chi connectivity index (χ3v) is 6.58. The van der Waals surface area contributed by atoms with Crippen LogP contribution in [-0.4, -0.2) is 27.4 Å². The van der Waals surface area contributed by atoms with Gasteiger partial charge in [0.05, 0.1) is 24.3 Å². The number of carbonyl (C=O) groups is 1. The molecule has 0 aliphatic rings. The third kappa shape index (κ3) is 4.60. The van der Waals surface area contributed by atoms with Gasteiger partial charge in [-0.2, -0.15) is 8.78 Å². The molecule has 0 unspecified atom stereocenters. The van der Waals surface area contributed by atoms with Gasteiger partial charge in [-0.15, -0.1) is 0 Å². The Morgan fingerprint density at radius 1 is 1.03 bits per heavy atom. The van der Waals surface area contributed by atoms with E-state index < -0.39 is 17.6 Å². The maximum absolute atomic E-state index is 16.0. The molecule has 0 saturated heterocycles. The minimum absolute atomic E-state index is 0.0904. The van der Waals surface area contributed by atoms with Crippen molar-refractivity contribution < 1.29 is 22.7 Å². The highest BCUT2D eigenvalue weighted by molar-refractivity contribution is 6.22. The molecular formula is C30H25F3N4O2. The fraction of sp³-hybridized carbons (Fsp3) is 0.167. The van der Waals surface area contributed by atoms with Crippen LogP contribution < -0.4 is 10.5 Å². The first kappa shape index (κ1) is 26.0. The fourth-order valence-corrected chi connectivity index (χ4v) is 4.83. The number of hydrogen-bond donors (Lipinski definition) is 1. The molecule has 2 heterocycles. The molecule has 5 aromatic rings. The smallest absolute Gasteiger partial charge is 0.330 e. The average Bonchev–Trinajstić information content (AvgIpc) is 3.28. The first-order chi connectivity index (χ1) is 18.6. The zero-order valence-corrected chi connectivity index (χ0v) is 21.5. The van der Waals surface area contributed by atoms with Gasteiger partial charge in [0, 0.05) is 34.3 Å². The van der Waals surface area contributed by atoms with Gasteiger partial charge in [-0.3, -0.25) is 9.78 Å². The summed E-state index contributed by atoms with van der Waals surface area (Å²) in [4.78, 5) is 21.2. The Hall–Kier alpha value is -4.66. The van der Waals surface area contributed by atoms with E-state index in [1.165, 1.54) is 24.8 Å². The number of nitrogens with zero attached hydrogens (tertiary/aromatic N) is 3. The molecule has 0 amide bonds. The topological polar surface area (TPSA) is 83.0 Å². The van der Waals surface area contributed by atoms with E-state index >= 15 is 8.78 Å². The standard InChI is InChI=1S/C30H25F3N4O2/c1-17(34)27(18(2)38)23-13-24-22(14-26(23)39-3)28-25(15-35-24)36-29(37(28)16-19-7-5-4-6-8-19)30(32,33)20-9-11-21(31)12-10-20/h4-15H,16,34H2,1-3H3. The molecule has 0 spiro atoms. The van der Waals surface area contributed by atoms with Crippen LogP contribution in [0.5, 0.6) is 5.75 Å². The second-order valence-corrected chi connectivity index (χ2v) is 9.26. The van der Waals surface area contributed by atoms with Crippen LogP contribution in [0.25, 0.3) is 27.5 Å². The number of aromatic nitrogens is 3. The van der Waals surface area contributed by atoms with Gasteiger partial charge in [0.25, 0.3) is 0 Å². The maximum Gasteiger partial charge on any atom is 0.330 e. The number of ketones is 1. The number of pyridine rings is 1. The zero-order valence-electron chi connectivity index (χ0n) is 21.5. The Balaban J connectivity index is 1.83. The Morgan fingerprint density at radius 2 is 1.72 bits per heavy atom. The van der Waals surface area contributed by atoms with Gasteiger partial charge < -0.3 is 15.0 Å². The average molecular weight is 531 g/mol. The predicted molar refractivity (Wildman–Crippen MR) is 144 cm³/mol. The lowest BCUT2D eigenvalue weighted by molar-refractivity contribution is -0.111.